The highest BCUT2D eigenvalue weighted by Crippen LogP contribution is 2.18. The van der Waals surface area contributed by atoms with Gasteiger partial charge in [0.1, 0.15) is 5.82 Å². The molecule has 28 heavy (non-hydrogen) atoms. The number of carboxylic acids is 1. The maximum absolute atomic E-state index is 14.2. The molecule has 0 aliphatic heterocycles. The quantitative estimate of drug-likeness (QED) is 0.637. The van der Waals surface area contributed by atoms with E-state index in [1.807, 2.05) is 13.8 Å². The molecule has 2 aromatic carbocycles. The number of benzene rings is 2. The smallest absolute Gasteiger partial charge is 0.303 e. The molecule has 0 aliphatic carbocycles. The van der Waals surface area contributed by atoms with E-state index in [2.05, 4.69) is 10.6 Å². The number of amides is 2. The molecule has 0 aliphatic rings. The fourth-order valence-electron chi connectivity index (χ4n) is 2.54. The third-order valence-corrected chi connectivity index (χ3v) is 3.94. The van der Waals surface area contributed by atoms with Crippen LogP contribution in [0.4, 0.5) is 15.8 Å². The van der Waals surface area contributed by atoms with Crippen LogP contribution >= 0.6 is 0 Å². The fourth-order valence-corrected chi connectivity index (χ4v) is 2.54. The van der Waals surface area contributed by atoms with E-state index in [0.29, 0.717) is 12.1 Å². The van der Waals surface area contributed by atoms with Gasteiger partial charge in [-0.2, -0.15) is 0 Å². The molecule has 0 atom stereocenters. The Kier molecular flexibility index (Phi) is 7.26. The van der Waals surface area contributed by atoms with Gasteiger partial charge in [0.05, 0.1) is 5.69 Å². The summed E-state index contributed by atoms with van der Waals surface area (Å²) in [6, 6.07) is 10.6. The highest BCUT2D eigenvalue weighted by molar-refractivity contribution is 6.04. The van der Waals surface area contributed by atoms with Gasteiger partial charge in [0.15, 0.2) is 0 Å². The third-order valence-electron chi connectivity index (χ3n) is 3.94. The van der Waals surface area contributed by atoms with E-state index in [1.165, 1.54) is 12.1 Å². The molecule has 0 saturated heterocycles. The van der Waals surface area contributed by atoms with Gasteiger partial charge in [-0.05, 0) is 48.2 Å². The van der Waals surface area contributed by atoms with Crippen LogP contribution in [0.2, 0.25) is 0 Å². The van der Waals surface area contributed by atoms with Gasteiger partial charge in [-0.25, -0.2) is 4.39 Å². The summed E-state index contributed by atoms with van der Waals surface area (Å²) < 4.78 is 14.2. The van der Waals surface area contributed by atoms with Crippen LogP contribution in [0.15, 0.2) is 42.5 Å². The number of nitrogens with one attached hydrogen (secondary N) is 2. The lowest BCUT2D eigenvalue weighted by Gasteiger charge is -2.10. The normalized spacial score (nSPS) is 10.6. The summed E-state index contributed by atoms with van der Waals surface area (Å²) in [6.07, 6.45) is 0.716. The van der Waals surface area contributed by atoms with Crippen LogP contribution in [0.5, 0.6) is 0 Å². The predicted octanol–water partition coefficient (Wildman–Crippen LogP) is 4.08. The molecule has 3 N–H and O–H groups in total. The van der Waals surface area contributed by atoms with Crippen LogP contribution in [0.1, 0.15) is 42.6 Å². The van der Waals surface area contributed by atoms with Gasteiger partial charge in [0.2, 0.25) is 5.91 Å². The first kappa shape index (κ1) is 21.1. The molecule has 2 rings (SSSR count). The highest BCUT2D eigenvalue weighted by atomic mass is 19.1. The maximum Gasteiger partial charge on any atom is 0.303 e. The SMILES string of the molecule is CC(C)CC(=O)Nc1ccc(C(=O)Nc2ccc(CCC(=O)O)cc2)cc1F. The van der Waals surface area contributed by atoms with Gasteiger partial charge < -0.3 is 15.7 Å². The Hall–Kier alpha value is -3.22. The number of hydrogen-bond acceptors (Lipinski definition) is 3. The zero-order chi connectivity index (χ0) is 20.7. The van der Waals surface area contributed by atoms with Crippen molar-refractivity contribution < 1.29 is 23.9 Å². The van der Waals surface area contributed by atoms with Crippen LogP contribution in [0, 0.1) is 11.7 Å². The summed E-state index contributed by atoms with van der Waals surface area (Å²) in [5.41, 5.74) is 1.51. The van der Waals surface area contributed by atoms with Crippen molar-refractivity contribution in [3.8, 4) is 0 Å². The fraction of sp³-hybridized carbons (Fsp3) is 0.286. The highest BCUT2D eigenvalue weighted by Gasteiger charge is 2.13. The zero-order valence-corrected chi connectivity index (χ0v) is 15.8. The van der Waals surface area contributed by atoms with E-state index in [4.69, 9.17) is 5.11 Å². The Morgan fingerprint density at radius 1 is 1.04 bits per heavy atom. The van der Waals surface area contributed by atoms with Gasteiger partial charge in [-0.1, -0.05) is 26.0 Å². The summed E-state index contributed by atoms with van der Waals surface area (Å²) in [5, 5.41) is 13.8. The minimum atomic E-state index is -0.872. The average Bonchev–Trinajstić information content (AvgIpc) is 2.62. The first-order valence-electron chi connectivity index (χ1n) is 8.96. The summed E-state index contributed by atoms with van der Waals surface area (Å²) in [7, 11) is 0. The van der Waals surface area contributed by atoms with Crippen LogP contribution in [0.3, 0.4) is 0 Å². The van der Waals surface area contributed by atoms with Crippen molar-refractivity contribution in [1.82, 2.24) is 0 Å². The molecule has 0 aromatic heterocycles. The number of carbonyl (C=O) groups is 3. The van der Waals surface area contributed by atoms with E-state index in [9.17, 15) is 18.8 Å². The third kappa shape index (κ3) is 6.50. The van der Waals surface area contributed by atoms with E-state index in [0.717, 1.165) is 11.6 Å². The Morgan fingerprint density at radius 3 is 2.29 bits per heavy atom. The maximum atomic E-state index is 14.2. The molecular weight excluding hydrogens is 363 g/mol. The predicted molar refractivity (Wildman–Crippen MR) is 105 cm³/mol. The molecule has 2 amide bonds. The molecule has 0 bridgehead atoms. The van der Waals surface area contributed by atoms with Crippen molar-refractivity contribution in [3.05, 3.63) is 59.4 Å². The molecular formula is C21H23FN2O4. The number of carboxylic acid groups (broad SMARTS) is 1. The molecule has 0 unspecified atom stereocenters. The number of carbonyl (C=O) groups excluding carboxylic acids is 2. The Labute approximate surface area is 162 Å². The molecule has 0 saturated carbocycles. The van der Waals surface area contributed by atoms with Crippen molar-refractivity contribution in [2.45, 2.75) is 33.1 Å². The van der Waals surface area contributed by atoms with Crippen molar-refractivity contribution in [2.24, 2.45) is 5.92 Å². The second-order valence-electron chi connectivity index (χ2n) is 6.89. The Bertz CT molecular complexity index is 863. The van der Waals surface area contributed by atoms with Gasteiger partial charge in [-0.3, -0.25) is 14.4 Å². The molecule has 0 radical (unpaired) electrons. The average molecular weight is 386 g/mol. The van der Waals surface area contributed by atoms with Crippen LogP contribution in [-0.4, -0.2) is 22.9 Å². The van der Waals surface area contributed by atoms with E-state index >= 15 is 0 Å². The zero-order valence-electron chi connectivity index (χ0n) is 15.8. The van der Waals surface area contributed by atoms with Crippen LogP contribution in [0.25, 0.3) is 0 Å². The molecule has 2 aromatic rings. The molecule has 6 nitrogen and oxygen atoms in total. The van der Waals surface area contributed by atoms with E-state index < -0.39 is 17.7 Å². The van der Waals surface area contributed by atoms with Gasteiger partial charge in [0.25, 0.3) is 5.91 Å². The second kappa shape index (κ2) is 9.64. The monoisotopic (exact) mass is 386 g/mol. The van der Waals surface area contributed by atoms with Gasteiger partial charge in [0, 0.05) is 24.1 Å². The van der Waals surface area contributed by atoms with E-state index in [1.54, 1.807) is 24.3 Å². The van der Waals surface area contributed by atoms with Crippen molar-refractivity contribution in [2.75, 3.05) is 10.6 Å². The lowest BCUT2D eigenvalue weighted by Crippen LogP contribution is -2.16. The Balaban J connectivity index is 1.99. The number of halogens is 1. The van der Waals surface area contributed by atoms with Crippen LogP contribution in [-0.2, 0) is 16.0 Å². The second-order valence-corrected chi connectivity index (χ2v) is 6.89. The number of anilines is 2. The Morgan fingerprint density at radius 2 is 1.71 bits per heavy atom. The molecule has 0 fully saturated rings. The minimum Gasteiger partial charge on any atom is -0.481 e. The number of hydrogen-bond donors (Lipinski definition) is 3. The summed E-state index contributed by atoms with van der Waals surface area (Å²) in [6.45, 7) is 3.78. The topological polar surface area (TPSA) is 95.5 Å². The largest absolute Gasteiger partial charge is 0.481 e. The van der Waals surface area contributed by atoms with Gasteiger partial charge in [-0.15, -0.1) is 0 Å². The molecule has 148 valence electrons. The first-order valence-corrected chi connectivity index (χ1v) is 8.96. The molecule has 7 heteroatoms. The van der Waals surface area contributed by atoms with Crippen LogP contribution < -0.4 is 10.6 Å². The van der Waals surface area contributed by atoms with E-state index in [-0.39, 0.29) is 35.9 Å². The lowest BCUT2D eigenvalue weighted by atomic mass is 10.1. The summed E-state index contributed by atoms with van der Waals surface area (Å²) in [4.78, 5) is 34.6. The standard InChI is InChI=1S/C21H23FN2O4/c1-13(2)11-19(25)24-18-9-6-15(12-17(18)22)21(28)23-16-7-3-14(4-8-16)5-10-20(26)27/h3-4,6-9,12-13H,5,10-11H2,1-2H3,(H,23,28)(H,24,25)(H,26,27). The molecule has 0 heterocycles. The number of rotatable bonds is 8. The van der Waals surface area contributed by atoms with Crippen molar-refractivity contribution >= 4 is 29.2 Å². The summed E-state index contributed by atoms with van der Waals surface area (Å²) in [5.74, 6) is -2.17. The number of aliphatic carboxylic acids is 1. The van der Waals surface area contributed by atoms with Crippen molar-refractivity contribution in [3.63, 3.8) is 0 Å². The van der Waals surface area contributed by atoms with Gasteiger partial charge >= 0.3 is 5.97 Å². The minimum absolute atomic E-state index is 0.0324. The molecule has 0 spiro atoms. The number of aryl methyl sites for hydroxylation is 1. The summed E-state index contributed by atoms with van der Waals surface area (Å²) >= 11 is 0. The lowest BCUT2D eigenvalue weighted by molar-refractivity contribution is -0.137. The first-order chi connectivity index (χ1) is 13.2. The van der Waals surface area contributed by atoms with Crippen molar-refractivity contribution in [1.29, 1.82) is 0 Å².